The summed E-state index contributed by atoms with van der Waals surface area (Å²) in [7, 11) is 0. The molecule has 1 aromatic rings. The van der Waals surface area contributed by atoms with Crippen molar-refractivity contribution in [1.29, 1.82) is 0 Å². The van der Waals surface area contributed by atoms with Crippen LogP contribution in [-0.2, 0) is 4.79 Å². The molecule has 84 valence electrons. The maximum Gasteiger partial charge on any atom is 0.303 e. The molecule has 15 heavy (non-hydrogen) atoms. The monoisotopic (exact) mass is 264 g/mol. The van der Waals surface area contributed by atoms with Crippen LogP contribution in [0.3, 0.4) is 0 Å². The molecule has 1 heterocycles. The van der Waals surface area contributed by atoms with E-state index >= 15 is 0 Å². The number of aliphatic carboxylic acids is 1. The zero-order valence-corrected chi connectivity index (χ0v) is 10.8. The van der Waals surface area contributed by atoms with E-state index < -0.39 is 5.97 Å². The van der Waals surface area contributed by atoms with E-state index in [1.807, 2.05) is 6.26 Å². The third-order valence-electron chi connectivity index (χ3n) is 1.58. The first kappa shape index (κ1) is 12.8. The van der Waals surface area contributed by atoms with Crippen LogP contribution in [0.5, 0.6) is 0 Å². The van der Waals surface area contributed by atoms with Gasteiger partial charge in [-0.15, -0.1) is 0 Å². The van der Waals surface area contributed by atoms with Gasteiger partial charge in [-0.25, -0.2) is 4.98 Å². The number of carboxylic acid groups (broad SMARTS) is 1. The number of aromatic nitrogens is 2. The second-order valence-corrected chi connectivity index (χ2v) is 5.61. The Morgan fingerprint density at radius 2 is 2.33 bits per heavy atom. The Labute approximate surface area is 101 Å². The maximum atomic E-state index is 10.2. The normalized spacial score (nSPS) is 10.5. The molecule has 4 nitrogen and oxygen atoms in total. The predicted molar refractivity (Wildman–Crippen MR) is 63.9 cm³/mol. The summed E-state index contributed by atoms with van der Waals surface area (Å²) in [6.07, 6.45) is 3.85. The largest absolute Gasteiger partial charge is 0.481 e. The fourth-order valence-corrected chi connectivity index (χ4v) is 3.16. The van der Waals surface area contributed by atoms with Crippen molar-refractivity contribution in [2.24, 2.45) is 0 Å². The van der Waals surface area contributed by atoms with Gasteiger partial charge in [0, 0.05) is 12.2 Å². The van der Waals surface area contributed by atoms with E-state index in [1.54, 1.807) is 11.8 Å². The van der Waals surface area contributed by atoms with E-state index in [4.69, 9.17) is 5.11 Å². The summed E-state index contributed by atoms with van der Waals surface area (Å²) in [5.41, 5.74) is 0. The molecule has 0 saturated carbocycles. The summed E-state index contributed by atoms with van der Waals surface area (Å²) in [5.74, 6) is 0.191. The topological polar surface area (TPSA) is 63.1 Å². The number of carbonyl (C=O) groups is 1. The minimum Gasteiger partial charge on any atom is -0.481 e. The summed E-state index contributed by atoms with van der Waals surface area (Å²) in [5, 5.41) is 9.25. The van der Waals surface area contributed by atoms with Crippen molar-refractivity contribution < 1.29 is 9.90 Å². The summed E-state index contributed by atoms with van der Waals surface area (Å²) in [4.78, 5) is 14.5. The van der Waals surface area contributed by atoms with E-state index in [0.717, 1.165) is 28.1 Å². The Kier molecular flexibility index (Phi) is 6.04. The molecular formula is C8H12N2O2S3. The number of rotatable bonds is 7. The van der Waals surface area contributed by atoms with Crippen LogP contribution in [0.15, 0.2) is 9.50 Å². The molecule has 0 spiro atoms. The highest BCUT2D eigenvalue weighted by molar-refractivity contribution is 8.01. The number of hydrogen-bond donors (Lipinski definition) is 1. The minimum absolute atomic E-state index is 0.257. The van der Waals surface area contributed by atoms with Crippen molar-refractivity contribution in [3.05, 3.63) is 0 Å². The number of nitrogens with zero attached hydrogens (tertiary/aromatic N) is 2. The summed E-state index contributed by atoms with van der Waals surface area (Å²) >= 11 is 4.58. The van der Waals surface area contributed by atoms with Crippen LogP contribution in [0.2, 0.25) is 0 Å². The van der Waals surface area contributed by atoms with E-state index in [1.165, 1.54) is 23.3 Å². The number of hydrogen-bond acceptors (Lipinski definition) is 6. The number of unbranched alkanes of at least 4 members (excludes halogenated alkanes) is 1. The van der Waals surface area contributed by atoms with Gasteiger partial charge < -0.3 is 5.11 Å². The van der Waals surface area contributed by atoms with Crippen LogP contribution in [0.4, 0.5) is 0 Å². The highest BCUT2D eigenvalue weighted by atomic mass is 32.2. The Morgan fingerprint density at radius 3 is 2.93 bits per heavy atom. The van der Waals surface area contributed by atoms with Crippen molar-refractivity contribution in [3.63, 3.8) is 0 Å². The quantitative estimate of drug-likeness (QED) is 0.603. The van der Waals surface area contributed by atoms with Crippen molar-refractivity contribution in [2.75, 3.05) is 12.0 Å². The van der Waals surface area contributed by atoms with Gasteiger partial charge in [-0.3, -0.25) is 4.79 Å². The van der Waals surface area contributed by atoms with Gasteiger partial charge in [-0.1, -0.05) is 23.5 Å². The van der Waals surface area contributed by atoms with Gasteiger partial charge in [0.2, 0.25) is 5.16 Å². The lowest BCUT2D eigenvalue weighted by atomic mass is 10.3. The number of thioether (sulfide) groups is 2. The van der Waals surface area contributed by atoms with Gasteiger partial charge in [0.05, 0.1) is 0 Å². The molecule has 0 unspecified atom stereocenters. The molecule has 0 amide bonds. The van der Waals surface area contributed by atoms with Crippen molar-refractivity contribution in [3.8, 4) is 0 Å². The molecule has 0 saturated heterocycles. The van der Waals surface area contributed by atoms with Crippen LogP contribution in [0, 0.1) is 0 Å². The molecule has 0 aromatic carbocycles. The highest BCUT2D eigenvalue weighted by Gasteiger charge is 2.03. The fraction of sp³-hybridized carbons (Fsp3) is 0.625. The lowest BCUT2D eigenvalue weighted by Gasteiger charge is -1.95. The van der Waals surface area contributed by atoms with Crippen LogP contribution in [0.1, 0.15) is 19.3 Å². The van der Waals surface area contributed by atoms with Gasteiger partial charge in [0.15, 0.2) is 4.34 Å². The molecule has 1 aromatic heterocycles. The van der Waals surface area contributed by atoms with Crippen LogP contribution in [0.25, 0.3) is 0 Å². The van der Waals surface area contributed by atoms with E-state index in [0.29, 0.717) is 0 Å². The smallest absolute Gasteiger partial charge is 0.303 e. The SMILES string of the molecule is CSc1nsc(SCCCCC(=O)O)n1. The molecule has 1 N–H and O–H groups in total. The first-order chi connectivity index (χ1) is 7.22. The van der Waals surface area contributed by atoms with Crippen molar-refractivity contribution in [2.45, 2.75) is 28.8 Å². The zero-order chi connectivity index (χ0) is 11.1. The maximum absolute atomic E-state index is 10.2. The molecule has 0 aliphatic carbocycles. The zero-order valence-electron chi connectivity index (χ0n) is 8.30. The van der Waals surface area contributed by atoms with E-state index in [2.05, 4.69) is 9.36 Å². The predicted octanol–water partition coefficient (Wildman–Crippen LogP) is 2.61. The highest BCUT2D eigenvalue weighted by Crippen LogP contribution is 2.24. The summed E-state index contributed by atoms with van der Waals surface area (Å²) in [6, 6.07) is 0. The van der Waals surface area contributed by atoms with E-state index in [-0.39, 0.29) is 6.42 Å². The second-order valence-electron chi connectivity index (χ2n) is 2.75. The van der Waals surface area contributed by atoms with Gasteiger partial charge in [-0.2, -0.15) is 4.37 Å². The average Bonchev–Trinajstić information content (AvgIpc) is 2.65. The lowest BCUT2D eigenvalue weighted by molar-refractivity contribution is -0.137. The summed E-state index contributed by atoms with van der Waals surface area (Å²) in [6.45, 7) is 0. The Morgan fingerprint density at radius 1 is 1.53 bits per heavy atom. The molecule has 7 heteroatoms. The fourth-order valence-electron chi connectivity index (χ4n) is 0.876. The van der Waals surface area contributed by atoms with Gasteiger partial charge >= 0.3 is 5.97 Å². The molecule has 0 atom stereocenters. The summed E-state index contributed by atoms with van der Waals surface area (Å²) < 4.78 is 5.11. The molecule has 0 aliphatic heterocycles. The second kappa shape index (κ2) is 7.08. The molecule has 0 fully saturated rings. The average molecular weight is 264 g/mol. The first-order valence-electron chi connectivity index (χ1n) is 4.44. The van der Waals surface area contributed by atoms with Gasteiger partial charge in [0.25, 0.3) is 0 Å². The van der Waals surface area contributed by atoms with Crippen LogP contribution < -0.4 is 0 Å². The van der Waals surface area contributed by atoms with Gasteiger partial charge in [-0.05, 0) is 30.6 Å². The molecule has 0 radical (unpaired) electrons. The molecular weight excluding hydrogens is 252 g/mol. The standard InChI is InChI=1S/C8H12N2O2S3/c1-13-7-9-8(15-10-7)14-5-3-2-4-6(11)12/h2-5H2,1H3,(H,11,12). The van der Waals surface area contributed by atoms with Crippen molar-refractivity contribution >= 4 is 41.0 Å². The molecule has 1 rings (SSSR count). The lowest BCUT2D eigenvalue weighted by Crippen LogP contribution is -1.94. The minimum atomic E-state index is -0.722. The first-order valence-corrected chi connectivity index (χ1v) is 7.43. The third-order valence-corrected chi connectivity index (χ3v) is 4.17. The van der Waals surface area contributed by atoms with Crippen LogP contribution in [-0.4, -0.2) is 32.4 Å². The number of carboxylic acids is 1. The van der Waals surface area contributed by atoms with E-state index in [9.17, 15) is 4.79 Å². The Hall–Kier alpha value is -0.270. The molecule has 0 aliphatic rings. The van der Waals surface area contributed by atoms with Crippen molar-refractivity contribution in [1.82, 2.24) is 9.36 Å². The third kappa shape index (κ3) is 5.39. The Balaban J connectivity index is 2.12. The Bertz CT molecular complexity index is 317. The molecule has 0 bridgehead atoms. The van der Waals surface area contributed by atoms with Gasteiger partial charge in [0.1, 0.15) is 0 Å². The van der Waals surface area contributed by atoms with Crippen LogP contribution >= 0.6 is 35.1 Å².